The fraction of sp³-hybridized carbons (Fsp3) is 0.500. The molecular weight excluding hydrogens is 386 g/mol. The lowest BCUT2D eigenvalue weighted by molar-refractivity contribution is -0.136. The summed E-state index contributed by atoms with van der Waals surface area (Å²) in [6.07, 6.45) is 3.00. The van der Waals surface area contributed by atoms with E-state index in [0.29, 0.717) is 12.5 Å². The Morgan fingerprint density at radius 1 is 0.967 bits per heavy atom. The minimum absolute atomic E-state index is 0.0477. The second-order valence-electron chi connectivity index (χ2n) is 10.8. The van der Waals surface area contributed by atoms with Gasteiger partial charge in [0.2, 0.25) is 5.91 Å². The zero-order valence-electron chi connectivity index (χ0n) is 19.1. The largest absolute Gasteiger partial charge is 0.405 e. The number of fused-ring (bicyclic) bond motifs is 1. The van der Waals surface area contributed by atoms with E-state index in [1.54, 1.807) is 0 Å². The van der Waals surface area contributed by atoms with Crippen molar-refractivity contribution in [1.29, 1.82) is 0 Å². The Balaban J connectivity index is 1.79. The first-order chi connectivity index (χ1) is 14.1. The van der Waals surface area contributed by atoms with Crippen molar-refractivity contribution in [3.05, 3.63) is 60.7 Å². The van der Waals surface area contributed by atoms with Crippen molar-refractivity contribution in [1.82, 2.24) is 4.90 Å². The topological polar surface area (TPSA) is 29.5 Å². The Morgan fingerprint density at radius 3 is 2.00 bits per heavy atom. The van der Waals surface area contributed by atoms with Crippen LogP contribution >= 0.6 is 0 Å². The zero-order chi connectivity index (χ0) is 21.6. The van der Waals surface area contributed by atoms with Crippen molar-refractivity contribution in [2.45, 2.75) is 64.5 Å². The molecule has 2 heterocycles. The molecule has 1 unspecified atom stereocenters. The molecule has 4 rings (SSSR count). The average molecular weight is 422 g/mol. The molecule has 0 saturated carbocycles. The van der Waals surface area contributed by atoms with Gasteiger partial charge in [0, 0.05) is 12.0 Å². The van der Waals surface area contributed by atoms with Crippen LogP contribution in [0.5, 0.6) is 0 Å². The molecule has 0 bridgehead atoms. The van der Waals surface area contributed by atoms with Gasteiger partial charge in [-0.15, -0.1) is 0 Å². The second-order valence-corrected chi connectivity index (χ2v) is 15.1. The van der Waals surface area contributed by atoms with E-state index in [2.05, 4.69) is 100 Å². The lowest BCUT2D eigenvalue weighted by Crippen LogP contribution is -2.68. The van der Waals surface area contributed by atoms with Crippen LogP contribution in [-0.2, 0) is 9.22 Å². The fourth-order valence-corrected chi connectivity index (χ4v) is 10.5. The van der Waals surface area contributed by atoms with Gasteiger partial charge in [0.05, 0.1) is 12.1 Å². The van der Waals surface area contributed by atoms with Crippen LogP contribution in [-0.4, -0.2) is 37.8 Å². The predicted molar refractivity (Wildman–Crippen MR) is 126 cm³/mol. The summed E-state index contributed by atoms with van der Waals surface area (Å²) in [4.78, 5) is 15.2. The highest BCUT2D eigenvalue weighted by atomic mass is 28.4. The van der Waals surface area contributed by atoms with Gasteiger partial charge in [0.1, 0.15) is 0 Å². The maximum absolute atomic E-state index is 13.1. The first-order valence-electron chi connectivity index (χ1n) is 11.2. The van der Waals surface area contributed by atoms with Gasteiger partial charge in [-0.25, -0.2) is 0 Å². The number of carbonyl (C=O) groups is 1. The van der Waals surface area contributed by atoms with Gasteiger partial charge in [0.15, 0.2) is 0 Å². The van der Waals surface area contributed by atoms with Gasteiger partial charge in [-0.3, -0.25) is 4.79 Å². The van der Waals surface area contributed by atoms with E-state index in [1.807, 2.05) is 0 Å². The van der Waals surface area contributed by atoms with E-state index in [0.717, 1.165) is 25.8 Å². The Hall–Kier alpha value is -1.91. The summed E-state index contributed by atoms with van der Waals surface area (Å²) in [6.45, 7) is 12.6. The van der Waals surface area contributed by atoms with Crippen LogP contribution in [0, 0.1) is 5.41 Å². The molecule has 2 fully saturated rings. The minimum Gasteiger partial charge on any atom is -0.405 e. The summed E-state index contributed by atoms with van der Waals surface area (Å²) in [5.74, 6) is 0.297. The number of nitrogens with zero attached hydrogens (tertiary/aromatic N) is 1. The molecule has 2 saturated heterocycles. The molecule has 2 aromatic carbocycles. The summed E-state index contributed by atoms with van der Waals surface area (Å²) in [7, 11) is -2.59. The normalized spacial score (nSPS) is 23.6. The Labute approximate surface area is 182 Å². The van der Waals surface area contributed by atoms with Gasteiger partial charge >= 0.3 is 0 Å². The number of hydrogen-bond donors (Lipinski definition) is 0. The summed E-state index contributed by atoms with van der Waals surface area (Å²) >= 11 is 0. The lowest BCUT2D eigenvalue weighted by Gasteiger charge is -2.45. The third kappa shape index (κ3) is 3.25. The second kappa shape index (κ2) is 7.35. The SMILES string of the molecule is CC1(C)CC2(CO[Si](c3ccccc3)(c3ccccc3)C(C)(C)C)CCCN2C1=O. The third-order valence-corrected chi connectivity index (χ3v) is 12.1. The summed E-state index contributed by atoms with van der Waals surface area (Å²) in [5, 5.41) is 2.55. The minimum atomic E-state index is -2.59. The van der Waals surface area contributed by atoms with E-state index < -0.39 is 8.32 Å². The monoisotopic (exact) mass is 421 g/mol. The number of hydrogen-bond acceptors (Lipinski definition) is 2. The van der Waals surface area contributed by atoms with Gasteiger partial charge in [-0.05, 0) is 34.7 Å². The van der Waals surface area contributed by atoms with Crippen molar-refractivity contribution in [3.63, 3.8) is 0 Å². The standard InChI is InChI=1S/C26H35NO2Si/c1-24(2,3)30(21-13-8-6-9-14-21,22-15-10-7-11-16-22)29-20-26-17-12-18-27(26)23(28)25(4,5)19-26/h6-11,13-16H,12,17-20H2,1-5H3. The van der Waals surface area contributed by atoms with Crippen molar-refractivity contribution < 1.29 is 9.22 Å². The van der Waals surface area contributed by atoms with Crippen LogP contribution in [0.25, 0.3) is 0 Å². The molecule has 0 aliphatic carbocycles. The molecule has 0 radical (unpaired) electrons. The lowest BCUT2D eigenvalue weighted by atomic mass is 9.82. The number of rotatable bonds is 5. The van der Waals surface area contributed by atoms with Crippen molar-refractivity contribution >= 4 is 24.6 Å². The van der Waals surface area contributed by atoms with E-state index >= 15 is 0 Å². The number of benzene rings is 2. The highest BCUT2D eigenvalue weighted by Crippen LogP contribution is 2.49. The van der Waals surface area contributed by atoms with E-state index in [1.165, 1.54) is 10.4 Å². The zero-order valence-corrected chi connectivity index (χ0v) is 20.1. The number of carbonyl (C=O) groups excluding carboxylic acids is 1. The molecule has 0 aromatic heterocycles. The molecule has 160 valence electrons. The van der Waals surface area contributed by atoms with Crippen molar-refractivity contribution in [3.8, 4) is 0 Å². The summed E-state index contributed by atoms with van der Waals surface area (Å²) in [5.41, 5.74) is -0.455. The van der Waals surface area contributed by atoms with Crippen LogP contribution in [0.15, 0.2) is 60.7 Å². The van der Waals surface area contributed by atoms with E-state index in [4.69, 9.17) is 4.43 Å². The van der Waals surface area contributed by atoms with E-state index in [-0.39, 0.29) is 16.0 Å². The highest BCUT2D eigenvalue weighted by Gasteiger charge is 2.59. The predicted octanol–water partition coefficient (Wildman–Crippen LogP) is 4.35. The Morgan fingerprint density at radius 2 is 1.50 bits per heavy atom. The molecule has 0 spiro atoms. The molecule has 0 N–H and O–H groups in total. The number of amides is 1. The molecule has 2 aliphatic heterocycles. The summed E-state index contributed by atoms with van der Waals surface area (Å²) < 4.78 is 7.24. The first kappa shape index (κ1) is 21.3. The highest BCUT2D eigenvalue weighted by molar-refractivity contribution is 6.99. The Bertz CT molecular complexity index is 864. The third-order valence-electron chi connectivity index (χ3n) is 7.17. The maximum atomic E-state index is 13.1. The maximum Gasteiger partial charge on any atom is 0.261 e. The Kier molecular flexibility index (Phi) is 5.22. The van der Waals surface area contributed by atoms with Crippen LogP contribution < -0.4 is 10.4 Å². The molecule has 2 aromatic rings. The molecule has 4 heteroatoms. The molecule has 3 nitrogen and oxygen atoms in total. The van der Waals surface area contributed by atoms with Crippen molar-refractivity contribution in [2.75, 3.05) is 13.2 Å². The smallest absolute Gasteiger partial charge is 0.261 e. The van der Waals surface area contributed by atoms with E-state index in [9.17, 15) is 4.79 Å². The van der Waals surface area contributed by atoms with Crippen LogP contribution in [0.4, 0.5) is 0 Å². The van der Waals surface area contributed by atoms with Gasteiger partial charge < -0.3 is 9.33 Å². The molecule has 30 heavy (non-hydrogen) atoms. The van der Waals surface area contributed by atoms with Crippen LogP contribution in [0.1, 0.15) is 53.9 Å². The average Bonchev–Trinajstić information content (AvgIpc) is 3.18. The summed E-state index contributed by atoms with van der Waals surface area (Å²) in [6, 6.07) is 21.6. The fourth-order valence-electron chi connectivity index (χ4n) is 5.91. The van der Waals surface area contributed by atoms with Gasteiger partial charge in [-0.2, -0.15) is 0 Å². The molecule has 2 aliphatic rings. The molecular formula is C26H35NO2Si. The molecule has 1 atom stereocenters. The van der Waals surface area contributed by atoms with Gasteiger partial charge in [-0.1, -0.05) is 95.3 Å². The first-order valence-corrected chi connectivity index (χ1v) is 13.1. The van der Waals surface area contributed by atoms with Crippen LogP contribution in [0.2, 0.25) is 5.04 Å². The van der Waals surface area contributed by atoms with Crippen molar-refractivity contribution in [2.24, 2.45) is 5.41 Å². The van der Waals surface area contributed by atoms with Crippen LogP contribution in [0.3, 0.4) is 0 Å². The quantitative estimate of drug-likeness (QED) is 0.672. The molecule has 1 amide bonds. The van der Waals surface area contributed by atoms with Gasteiger partial charge in [0.25, 0.3) is 8.32 Å².